The number of amides is 1. The number of benzene rings is 1. The Kier molecular flexibility index (Phi) is 4.86. The Hall–Kier alpha value is -3.15. The topological polar surface area (TPSA) is 78.4 Å². The van der Waals surface area contributed by atoms with Crippen molar-refractivity contribution in [1.82, 2.24) is 4.98 Å². The van der Waals surface area contributed by atoms with Gasteiger partial charge in [-0.05, 0) is 36.2 Å². The van der Waals surface area contributed by atoms with Crippen LogP contribution in [0.3, 0.4) is 0 Å². The highest BCUT2D eigenvalue weighted by molar-refractivity contribution is 6.07. The van der Waals surface area contributed by atoms with Crippen LogP contribution < -0.4 is 16.0 Å². The van der Waals surface area contributed by atoms with Crippen LogP contribution in [0.4, 0.5) is 17.2 Å². The van der Waals surface area contributed by atoms with Crippen molar-refractivity contribution >= 4 is 29.3 Å². The Morgan fingerprint density at radius 1 is 1.32 bits per heavy atom. The van der Waals surface area contributed by atoms with E-state index in [4.69, 9.17) is 0 Å². The van der Waals surface area contributed by atoms with Crippen molar-refractivity contribution in [3.8, 4) is 0 Å². The molecule has 28 heavy (non-hydrogen) atoms. The molecule has 1 aromatic carbocycles. The van der Waals surface area contributed by atoms with E-state index >= 15 is 0 Å². The summed E-state index contributed by atoms with van der Waals surface area (Å²) in [6.45, 7) is 6.03. The Morgan fingerprint density at radius 3 is 3.04 bits per heavy atom. The fourth-order valence-corrected chi connectivity index (χ4v) is 3.58. The smallest absolute Gasteiger partial charge is 0.259 e. The summed E-state index contributed by atoms with van der Waals surface area (Å²) in [5.74, 6) is 0.770. The Balaban J connectivity index is 1.47. The van der Waals surface area contributed by atoms with Gasteiger partial charge in [-0.25, -0.2) is 4.98 Å². The van der Waals surface area contributed by atoms with E-state index in [-0.39, 0.29) is 11.3 Å². The molecule has 4 rings (SSSR count). The van der Waals surface area contributed by atoms with Gasteiger partial charge in [-0.15, -0.1) is 0 Å². The number of anilines is 3. The monoisotopic (exact) mass is 375 g/mol. The number of fused-ring (bicyclic) bond motifs is 1. The van der Waals surface area contributed by atoms with Crippen molar-refractivity contribution in [1.29, 1.82) is 0 Å². The van der Waals surface area contributed by atoms with Gasteiger partial charge in [0.1, 0.15) is 5.82 Å². The molecule has 0 spiro atoms. The van der Waals surface area contributed by atoms with Crippen molar-refractivity contribution in [3.63, 3.8) is 0 Å². The molecule has 0 saturated heterocycles. The molecule has 6 nitrogen and oxygen atoms in total. The molecule has 0 bridgehead atoms. The Morgan fingerprint density at radius 2 is 2.21 bits per heavy atom. The predicted molar refractivity (Wildman–Crippen MR) is 114 cm³/mol. The fourth-order valence-electron chi connectivity index (χ4n) is 3.58. The minimum atomic E-state index is -0.173. The van der Waals surface area contributed by atoms with Crippen LogP contribution in [0, 0.1) is 5.92 Å². The van der Waals surface area contributed by atoms with Crippen LogP contribution in [-0.4, -0.2) is 30.2 Å². The summed E-state index contributed by atoms with van der Waals surface area (Å²) in [5, 5.41) is 9.72. The second-order valence-corrected chi connectivity index (χ2v) is 7.90. The molecule has 3 heterocycles. The lowest BCUT2D eigenvalue weighted by Gasteiger charge is -2.17. The van der Waals surface area contributed by atoms with Crippen LogP contribution in [0.5, 0.6) is 0 Å². The maximum Gasteiger partial charge on any atom is 0.259 e. The minimum Gasteiger partial charge on any atom is -0.384 e. The average Bonchev–Trinajstić information content (AvgIpc) is 3.01. The normalized spacial score (nSPS) is 19.0. The average molecular weight is 375 g/mol. The van der Waals surface area contributed by atoms with E-state index in [1.54, 1.807) is 18.3 Å². The molecule has 3 N–H and O–H groups in total. The van der Waals surface area contributed by atoms with Gasteiger partial charge in [0.25, 0.3) is 5.91 Å². The minimum absolute atomic E-state index is 0.108. The van der Waals surface area contributed by atoms with Gasteiger partial charge in [-0.2, -0.15) is 0 Å². The number of nitrogens with zero attached hydrogens (tertiary/aromatic N) is 2. The number of carbonyl (C=O) groups excluding carboxylic acids is 1. The molecule has 2 aliphatic rings. The number of pyridine rings is 1. The summed E-state index contributed by atoms with van der Waals surface area (Å²) in [5.41, 5.74) is 3.77. The molecule has 144 valence electrons. The summed E-state index contributed by atoms with van der Waals surface area (Å²) < 4.78 is 0. The van der Waals surface area contributed by atoms with Crippen molar-refractivity contribution in [2.24, 2.45) is 10.9 Å². The van der Waals surface area contributed by atoms with Gasteiger partial charge in [-0.1, -0.05) is 26.0 Å². The van der Waals surface area contributed by atoms with Gasteiger partial charge < -0.3 is 16.0 Å². The van der Waals surface area contributed by atoms with E-state index in [0.717, 1.165) is 24.3 Å². The highest BCUT2D eigenvalue weighted by Gasteiger charge is 2.29. The summed E-state index contributed by atoms with van der Waals surface area (Å²) in [7, 11) is 0. The second kappa shape index (κ2) is 7.46. The zero-order valence-corrected chi connectivity index (χ0v) is 16.2. The zero-order valence-electron chi connectivity index (χ0n) is 16.2. The van der Waals surface area contributed by atoms with Crippen molar-refractivity contribution in [2.45, 2.75) is 25.7 Å². The second-order valence-electron chi connectivity index (χ2n) is 7.90. The van der Waals surface area contributed by atoms with Crippen LogP contribution in [0.15, 0.2) is 53.8 Å². The number of hydrogen-bond acceptors (Lipinski definition) is 5. The fraction of sp³-hybridized carbons (Fsp3) is 0.318. The molecule has 2 aromatic rings. The third-order valence-corrected chi connectivity index (χ3v) is 5.27. The van der Waals surface area contributed by atoms with E-state index in [0.29, 0.717) is 23.8 Å². The van der Waals surface area contributed by atoms with E-state index in [2.05, 4.69) is 51.9 Å². The van der Waals surface area contributed by atoms with Gasteiger partial charge in [0, 0.05) is 54.4 Å². The first-order chi connectivity index (χ1) is 13.5. The lowest BCUT2D eigenvalue weighted by Crippen LogP contribution is -2.19. The summed E-state index contributed by atoms with van der Waals surface area (Å²) in [6, 6.07) is 9.61. The third kappa shape index (κ3) is 3.76. The molecule has 1 amide bonds. The molecular weight excluding hydrogens is 350 g/mol. The number of carbonyl (C=O) groups is 1. The van der Waals surface area contributed by atoms with Gasteiger partial charge in [0.15, 0.2) is 0 Å². The first kappa shape index (κ1) is 18.2. The van der Waals surface area contributed by atoms with Crippen LogP contribution in [0.2, 0.25) is 0 Å². The molecule has 1 atom stereocenters. The maximum atomic E-state index is 12.9. The molecule has 0 aliphatic carbocycles. The largest absolute Gasteiger partial charge is 0.384 e. The maximum absolute atomic E-state index is 12.9. The van der Waals surface area contributed by atoms with Gasteiger partial charge in [0.2, 0.25) is 0 Å². The molecular formula is C22H25N5O. The van der Waals surface area contributed by atoms with Crippen LogP contribution in [-0.2, 0) is 5.41 Å². The first-order valence-corrected chi connectivity index (χ1v) is 9.60. The zero-order chi connectivity index (χ0) is 19.6. The van der Waals surface area contributed by atoms with Gasteiger partial charge >= 0.3 is 0 Å². The van der Waals surface area contributed by atoms with E-state index < -0.39 is 0 Å². The van der Waals surface area contributed by atoms with Crippen molar-refractivity contribution in [2.75, 3.05) is 29.0 Å². The lowest BCUT2D eigenvalue weighted by atomic mass is 9.87. The molecule has 0 radical (unpaired) electrons. The standard InChI is InChI=1S/C22H25N5O/c1-22(2)14-26-19-12-16(5-6-18(19)22)27-21(28)17-4-3-9-24-20(17)25-13-15-7-10-23-11-8-15/h3-7,9-12,15,26H,8,13-14H2,1-2H3,(H,24,25)(H,27,28). The molecule has 2 aliphatic heterocycles. The van der Waals surface area contributed by atoms with E-state index in [1.165, 1.54) is 5.56 Å². The summed E-state index contributed by atoms with van der Waals surface area (Å²) in [6.07, 6.45) is 8.36. The van der Waals surface area contributed by atoms with Crippen molar-refractivity contribution in [3.05, 3.63) is 59.9 Å². The molecule has 0 saturated carbocycles. The first-order valence-electron chi connectivity index (χ1n) is 9.60. The number of nitrogens with one attached hydrogen (secondary N) is 3. The number of aromatic nitrogens is 1. The van der Waals surface area contributed by atoms with E-state index in [9.17, 15) is 4.79 Å². The Bertz CT molecular complexity index is 948. The third-order valence-electron chi connectivity index (χ3n) is 5.27. The van der Waals surface area contributed by atoms with Crippen LogP contribution >= 0.6 is 0 Å². The summed E-state index contributed by atoms with van der Waals surface area (Å²) in [4.78, 5) is 21.3. The highest BCUT2D eigenvalue weighted by atomic mass is 16.1. The lowest BCUT2D eigenvalue weighted by molar-refractivity contribution is 0.102. The predicted octanol–water partition coefficient (Wildman–Crippen LogP) is 4.05. The molecule has 1 unspecified atom stereocenters. The SMILES string of the molecule is CC1(C)CNc2cc(NC(=O)c3cccnc3NCC3C=CN=CC3)ccc21. The molecule has 0 fully saturated rings. The molecule has 6 heteroatoms. The Labute approximate surface area is 165 Å². The number of rotatable bonds is 5. The summed E-state index contributed by atoms with van der Waals surface area (Å²) >= 11 is 0. The van der Waals surface area contributed by atoms with Crippen LogP contribution in [0.1, 0.15) is 36.2 Å². The van der Waals surface area contributed by atoms with E-state index in [1.807, 2.05) is 24.5 Å². The van der Waals surface area contributed by atoms with Gasteiger partial charge in [0.05, 0.1) is 5.56 Å². The number of hydrogen-bond donors (Lipinski definition) is 3. The number of aliphatic imine (C=N–C) groups is 1. The van der Waals surface area contributed by atoms with Crippen molar-refractivity contribution < 1.29 is 4.79 Å². The van der Waals surface area contributed by atoms with Crippen LogP contribution in [0.25, 0.3) is 0 Å². The molecule has 1 aromatic heterocycles. The quantitative estimate of drug-likeness (QED) is 0.737. The van der Waals surface area contributed by atoms with Gasteiger partial charge in [-0.3, -0.25) is 9.79 Å². The highest BCUT2D eigenvalue weighted by Crippen LogP contribution is 2.37.